The van der Waals surface area contributed by atoms with E-state index in [1.54, 1.807) is 12.4 Å². The number of rotatable bonds is 7. The summed E-state index contributed by atoms with van der Waals surface area (Å²) in [5.41, 5.74) is 1.74. The van der Waals surface area contributed by atoms with E-state index in [-0.39, 0.29) is 36.9 Å². The van der Waals surface area contributed by atoms with Crippen molar-refractivity contribution in [3.63, 3.8) is 0 Å². The fourth-order valence-corrected chi connectivity index (χ4v) is 3.70. The van der Waals surface area contributed by atoms with Gasteiger partial charge in [-0.25, -0.2) is 13.8 Å². The first-order valence-corrected chi connectivity index (χ1v) is 9.63. The number of nitrogens with zero attached hydrogens (tertiary/aromatic N) is 5. The summed E-state index contributed by atoms with van der Waals surface area (Å²) in [7, 11) is 0. The van der Waals surface area contributed by atoms with Crippen LogP contribution in [0.25, 0.3) is 0 Å². The van der Waals surface area contributed by atoms with E-state index >= 15 is 0 Å². The lowest BCUT2D eigenvalue weighted by Gasteiger charge is -2.43. The Labute approximate surface area is 172 Å². The third kappa shape index (κ3) is 4.17. The highest BCUT2D eigenvalue weighted by Gasteiger charge is 2.48. The Morgan fingerprint density at radius 1 is 1.30 bits per heavy atom. The topological polar surface area (TPSA) is 105 Å². The zero-order valence-electron chi connectivity index (χ0n) is 16.4. The zero-order valence-corrected chi connectivity index (χ0v) is 16.4. The van der Waals surface area contributed by atoms with Gasteiger partial charge in [-0.1, -0.05) is 0 Å². The van der Waals surface area contributed by atoms with Crippen molar-refractivity contribution in [3.8, 4) is 0 Å². The van der Waals surface area contributed by atoms with Crippen molar-refractivity contribution < 1.29 is 13.6 Å². The van der Waals surface area contributed by atoms with Crippen LogP contribution in [-0.4, -0.2) is 51.0 Å². The highest BCUT2D eigenvalue weighted by molar-refractivity contribution is 6.02. The zero-order chi connectivity index (χ0) is 21.1. The van der Waals surface area contributed by atoms with Gasteiger partial charge in [-0.2, -0.15) is 0 Å². The number of amides is 1. The first-order valence-electron chi connectivity index (χ1n) is 9.63. The molecule has 2 aromatic rings. The minimum atomic E-state index is -0.978. The minimum Gasteiger partial charge on any atom is -0.353 e. The van der Waals surface area contributed by atoms with Gasteiger partial charge in [0.05, 0.1) is 17.6 Å². The molecule has 0 aromatic carbocycles. The van der Waals surface area contributed by atoms with E-state index in [0.717, 1.165) is 5.57 Å². The van der Waals surface area contributed by atoms with Gasteiger partial charge in [-0.05, 0) is 30.5 Å². The van der Waals surface area contributed by atoms with Crippen LogP contribution in [0.4, 0.5) is 14.7 Å². The van der Waals surface area contributed by atoms with Gasteiger partial charge < -0.3 is 10.6 Å². The number of hydrogen-bond acceptors (Lipinski definition) is 7. The molecule has 1 aliphatic carbocycles. The van der Waals surface area contributed by atoms with Crippen molar-refractivity contribution in [3.05, 3.63) is 53.5 Å². The summed E-state index contributed by atoms with van der Waals surface area (Å²) in [6.45, 7) is 2.15. The Morgan fingerprint density at radius 3 is 2.80 bits per heavy atom. The second-order valence-electron chi connectivity index (χ2n) is 7.59. The molecule has 8 nitrogen and oxygen atoms in total. The molecule has 1 saturated carbocycles. The summed E-state index contributed by atoms with van der Waals surface area (Å²) in [5.74, 6) is -0.278. The smallest absolute Gasteiger partial charge is 0.242 e. The first-order chi connectivity index (χ1) is 14.4. The van der Waals surface area contributed by atoms with Crippen LogP contribution >= 0.6 is 0 Å². The summed E-state index contributed by atoms with van der Waals surface area (Å²) >= 11 is 0. The van der Waals surface area contributed by atoms with Crippen molar-refractivity contribution >= 4 is 17.6 Å². The number of carbonyl (C=O) groups excluding carboxylic acids is 1. The van der Waals surface area contributed by atoms with Gasteiger partial charge in [-0.3, -0.25) is 14.8 Å². The van der Waals surface area contributed by atoms with Gasteiger partial charge in [0.1, 0.15) is 17.7 Å². The number of carbonyl (C=O) groups is 1. The first kappa shape index (κ1) is 20.0. The monoisotopic (exact) mass is 413 g/mol. The third-order valence-corrected chi connectivity index (χ3v) is 5.29. The van der Waals surface area contributed by atoms with Crippen molar-refractivity contribution in [2.45, 2.75) is 37.8 Å². The number of aromatic nitrogens is 4. The number of halogens is 2. The van der Waals surface area contributed by atoms with E-state index in [1.807, 2.05) is 0 Å². The maximum absolute atomic E-state index is 14.2. The van der Waals surface area contributed by atoms with Crippen LogP contribution in [0.3, 0.4) is 0 Å². The Balaban J connectivity index is 1.37. The van der Waals surface area contributed by atoms with Gasteiger partial charge in [0.25, 0.3) is 0 Å². The van der Waals surface area contributed by atoms with Crippen molar-refractivity contribution in [1.29, 1.82) is 0 Å². The lowest BCUT2D eigenvalue weighted by molar-refractivity contribution is -0.118. The molecule has 0 spiro atoms. The van der Waals surface area contributed by atoms with Crippen molar-refractivity contribution in [1.82, 2.24) is 25.5 Å². The van der Waals surface area contributed by atoms with Gasteiger partial charge in [0.15, 0.2) is 0 Å². The second-order valence-corrected chi connectivity index (χ2v) is 7.59. The van der Waals surface area contributed by atoms with Crippen LogP contribution < -0.4 is 10.6 Å². The van der Waals surface area contributed by atoms with E-state index < -0.39 is 17.4 Å². The molecule has 4 rings (SSSR count). The molecule has 10 heteroatoms. The summed E-state index contributed by atoms with van der Waals surface area (Å²) in [4.78, 5) is 23.7. The SMILES string of the molecule is CC(=O)NCC1=CN=C(c2cnc(NC[C@]3(c4ncccc4F)C[C@H](F)C3)nn2)C1. The Hall–Kier alpha value is -3.30. The molecule has 0 bridgehead atoms. The van der Waals surface area contributed by atoms with Crippen molar-refractivity contribution in [2.75, 3.05) is 18.4 Å². The van der Waals surface area contributed by atoms with E-state index in [2.05, 4.69) is 35.8 Å². The molecular weight excluding hydrogens is 392 g/mol. The molecule has 1 fully saturated rings. The predicted octanol–water partition coefficient (Wildman–Crippen LogP) is 2.10. The normalized spacial score (nSPS) is 22.7. The summed E-state index contributed by atoms with van der Waals surface area (Å²) in [6, 6.07) is 2.85. The van der Waals surface area contributed by atoms with E-state index in [1.165, 1.54) is 25.3 Å². The molecule has 0 radical (unpaired) electrons. The van der Waals surface area contributed by atoms with Crippen molar-refractivity contribution in [2.24, 2.45) is 4.99 Å². The Morgan fingerprint density at radius 2 is 2.13 bits per heavy atom. The Kier molecular flexibility index (Phi) is 5.47. The molecule has 0 unspecified atom stereocenters. The van der Waals surface area contributed by atoms with Crippen LogP contribution in [0.2, 0.25) is 0 Å². The van der Waals surface area contributed by atoms with Gasteiger partial charge in [0, 0.05) is 44.2 Å². The molecular formula is C20H21F2N7O. The van der Waals surface area contributed by atoms with Crippen LogP contribution in [0.5, 0.6) is 0 Å². The van der Waals surface area contributed by atoms with Gasteiger partial charge in [0.2, 0.25) is 11.9 Å². The average Bonchev–Trinajstić information content (AvgIpc) is 3.19. The van der Waals surface area contributed by atoms with E-state index in [4.69, 9.17) is 0 Å². The van der Waals surface area contributed by atoms with Crippen LogP contribution in [-0.2, 0) is 10.2 Å². The largest absolute Gasteiger partial charge is 0.353 e. The van der Waals surface area contributed by atoms with E-state index in [9.17, 15) is 13.6 Å². The molecule has 30 heavy (non-hydrogen) atoms. The minimum absolute atomic E-state index is 0.102. The molecule has 156 valence electrons. The number of alkyl halides is 1. The second kappa shape index (κ2) is 8.21. The fraction of sp³-hybridized carbons (Fsp3) is 0.400. The number of nitrogens with one attached hydrogen (secondary N) is 2. The quantitative estimate of drug-likeness (QED) is 0.720. The molecule has 2 aromatic heterocycles. The molecule has 1 amide bonds. The standard InChI is InChI=1S/C20H21F2N7O/c1-12(30)24-8-13-5-16(25-9-13)17-10-26-19(29-28-17)27-11-20(6-14(21)7-20)18-15(22)3-2-4-23-18/h2-4,9-10,14H,5-8,11H2,1H3,(H,24,30)(H,26,27,29)/t14-,20-. The number of aliphatic imine (C=N–C) groups is 1. The van der Waals surface area contributed by atoms with Gasteiger partial charge in [-0.15, -0.1) is 10.2 Å². The lowest BCUT2D eigenvalue weighted by atomic mass is 9.65. The van der Waals surface area contributed by atoms with Crippen LogP contribution in [0.15, 0.2) is 41.3 Å². The maximum atomic E-state index is 14.2. The van der Waals surface area contributed by atoms with Gasteiger partial charge >= 0.3 is 0 Å². The summed E-state index contributed by atoms with van der Waals surface area (Å²) < 4.78 is 27.9. The van der Waals surface area contributed by atoms with E-state index in [0.29, 0.717) is 24.4 Å². The summed E-state index contributed by atoms with van der Waals surface area (Å²) in [6.07, 6.45) is 4.73. The summed E-state index contributed by atoms with van der Waals surface area (Å²) in [5, 5.41) is 14.0. The fourth-order valence-electron chi connectivity index (χ4n) is 3.70. The maximum Gasteiger partial charge on any atom is 0.242 e. The number of anilines is 1. The molecule has 2 aliphatic rings. The van der Waals surface area contributed by atoms with Crippen LogP contribution in [0, 0.1) is 5.82 Å². The average molecular weight is 413 g/mol. The molecule has 3 heterocycles. The molecule has 0 saturated heterocycles. The predicted molar refractivity (Wildman–Crippen MR) is 106 cm³/mol. The highest BCUT2D eigenvalue weighted by Crippen LogP contribution is 2.45. The molecule has 0 atom stereocenters. The number of pyridine rings is 1. The van der Waals surface area contributed by atoms with Crippen LogP contribution in [0.1, 0.15) is 37.6 Å². The number of hydrogen-bond donors (Lipinski definition) is 2. The highest BCUT2D eigenvalue weighted by atomic mass is 19.1. The third-order valence-electron chi connectivity index (χ3n) is 5.29. The Bertz CT molecular complexity index is 1000. The lowest BCUT2D eigenvalue weighted by Crippen LogP contribution is -2.49. The molecule has 2 N–H and O–H groups in total. The molecule has 1 aliphatic heterocycles.